The van der Waals surface area contributed by atoms with Crippen molar-refractivity contribution in [2.45, 2.75) is 82.8 Å². The summed E-state index contributed by atoms with van der Waals surface area (Å²) in [5, 5.41) is 17.8. The molecular weight excluding hydrogens is 618 g/mol. The average Bonchev–Trinajstić information content (AvgIpc) is 3.69. The Morgan fingerprint density at radius 3 is 2.46 bits per heavy atom. The number of amides is 2. The molecule has 2 amide bonds. The molecular formula is C37H48F2N4O5. The van der Waals surface area contributed by atoms with E-state index in [4.69, 9.17) is 9.47 Å². The Morgan fingerprint density at radius 2 is 1.75 bits per heavy atom. The van der Waals surface area contributed by atoms with Crippen LogP contribution in [0.25, 0.3) is 0 Å². The van der Waals surface area contributed by atoms with Gasteiger partial charge < -0.3 is 35.0 Å². The summed E-state index contributed by atoms with van der Waals surface area (Å²) in [6.45, 7) is 9.36. The highest BCUT2D eigenvalue weighted by atomic mass is 19.1. The number of nitrogens with zero attached hydrogens (tertiary/aromatic N) is 2. The third-order valence-corrected chi connectivity index (χ3v) is 9.84. The predicted octanol–water partition coefficient (Wildman–Crippen LogP) is 5.19. The van der Waals surface area contributed by atoms with Crippen molar-refractivity contribution >= 4 is 17.7 Å². The Labute approximate surface area is 281 Å². The molecule has 6 rings (SSSR count). The second kappa shape index (κ2) is 14.5. The maximum Gasteiger partial charge on any atom is 0.410 e. The van der Waals surface area contributed by atoms with E-state index in [2.05, 4.69) is 33.7 Å². The van der Waals surface area contributed by atoms with E-state index in [1.165, 1.54) is 12.1 Å². The maximum atomic E-state index is 14.0. The zero-order valence-electron chi connectivity index (χ0n) is 28.1. The lowest BCUT2D eigenvalue weighted by Gasteiger charge is -2.27. The van der Waals surface area contributed by atoms with Gasteiger partial charge in [0.25, 0.3) is 0 Å². The zero-order valence-corrected chi connectivity index (χ0v) is 28.1. The number of β-amino-alcohol motifs (C(OH)–C–C–N with tert-alkyl or cyclic N) is 1. The minimum atomic E-state index is -1.01. The van der Waals surface area contributed by atoms with Gasteiger partial charge in [0.05, 0.1) is 24.9 Å². The predicted molar refractivity (Wildman–Crippen MR) is 178 cm³/mol. The minimum Gasteiger partial charge on any atom is -0.444 e. The van der Waals surface area contributed by atoms with Gasteiger partial charge in [-0.05, 0) is 87.4 Å². The topological polar surface area (TPSA) is 103 Å². The van der Waals surface area contributed by atoms with Crippen LogP contribution in [0.2, 0.25) is 0 Å². The van der Waals surface area contributed by atoms with Crippen molar-refractivity contribution in [1.82, 2.24) is 15.5 Å². The molecule has 260 valence electrons. The molecule has 0 radical (unpaired) electrons. The van der Waals surface area contributed by atoms with E-state index >= 15 is 0 Å². The molecule has 2 bridgehead atoms. The lowest BCUT2D eigenvalue weighted by Crippen LogP contribution is -2.49. The summed E-state index contributed by atoms with van der Waals surface area (Å²) in [6, 6.07) is 8.95. The van der Waals surface area contributed by atoms with Gasteiger partial charge in [0, 0.05) is 68.8 Å². The number of carbonyl (C=O) groups is 2. The molecule has 0 saturated carbocycles. The molecule has 11 heteroatoms. The van der Waals surface area contributed by atoms with Gasteiger partial charge in [-0.3, -0.25) is 4.79 Å². The number of aliphatic hydroxyl groups excluding tert-OH is 1. The van der Waals surface area contributed by atoms with Crippen molar-refractivity contribution < 1.29 is 33.0 Å². The number of anilines is 1. The van der Waals surface area contributed by atoms with Crippen LogP contribution in [0.4, 0.5) is 19.3 Å². The number of nitrogens with one attached hydrogen (secondary N) is 2. The van der Waals surface area contributed by atoms with Crippen molar-refractivity contribution in [1.29, 1.82) is 0 Å². The lowest BCUT2D eigenvalue weighted by atomic mass is 9.99. The van der Waals surface area contributed by atoms with Crippen molar-refractivity contribution in [2.24, 2.45) is 11.8 Å². The van der Waals surface area contributed by atoms with Crippen LogP contribution in [0.15, 0.2) is 48.6 Å². The molecule has 3 aliphatic heterocycles. The summed E-state index contributed by atoms with van der Waals surface area (Å²) in [5.41, 5.74) is 3.18. The van der Waals surface area contributed by atoms with Gasteiger partial charge in [-0.1, -0.05) is 18.2 Å². The van der Waals surface area contributed by atoms with E-state index in [0.717, 1.165) is 36.0 Å². The van der Waals surface area contributed by atoms with Crippen molar-refractivity contribution in [3.8, 4) is 0 Å². The molecule has 2 aromatic carbocycles. The van der Waals surface area contributed by atoms with Crippen LogP contribution in [-0.4, -0.2) is 79.1 Å². The van der Waals surface area contributed by atoms with E-state index < -0.39 is 29.4 Å². The standard InChI is InChI=1S/C37H48F2N4O5/c1-37(2,3)48-36(46)43-21-24-19-42(20-25(24)22-43)28-9-10-29-30(16-28)31-17-34(29)47-11-7-5-4-6-8-35(45)41-32(33(44)18-40-31)14-23-12-26(38)15-27(39)13-23/h5,7,9-10,12-13,15-16,24-25,31-34,40,44H,4,6,8,11,14,17-22H2,1-3H3,(H,41,45)/b7-5-/t24?,25?,31-,32-,33+,34+/m0/s1. The lowest BCUT2D eigenvalue weighted by molar-refractivity contribution is -0.122. The van der Waals surface area contributed by atoms with Crippen molar-refractivity contribution in [3.05, 3.63) is 76.9 Å². The first-order valence-electron chi connectivity index (χ1n) is 17.2. The Morgan fingerprint density at radius 1 is 1.02 bits per heavy atom. The van der Waals surface area contributed by atoms with E-state index in [-0.39, 0.29) is 43.5 Å². The summed E-state index contributed by atoms with van der Waals surface area (Å²) in [6.07, 6.45) is 5.02. The number of likely N-dealkylation sites (tertiary alicyclic amines) is 1. The molecule has 0 spiro atoms. The molecule has 48 heavy (non-hydrogen) atoms. The summed E-state index contributed by atoms with van der Waals surface area (Å²) in [4.78, 5) is 29.7. The van der Waals surface area contributed by atoms with Crippen LogP contribution in [0, 0.1) is 23.5 Å². The molecule has 4 aliphatic rings. The largest absolute Gasteiger partial charge is 0.444 e. The summed E-state index contributed by atoms with van der Waals surface area (Å²) in [7, 11) is 0. The third kappa shape index (κ3) is 8.36. The normalized spacial score (nSPS) is 28.9. The molecule has 9 nitrogen and oxygen atoms in total. The molecule has 3 N–H and O–H groups in total. The SMILES string of the molecule is CC(C)(C)OC(=O)N1CC2CN(c3ccc4c(c3)[C@@H]3C[C@H]4OC/C=C\CCCC(=O)N[C@@H](Cc4cc(F)cc(F)c4)[C@H](O)CN3)CC2C1. The Hall–Kier alpha value is -3.54. The number of rotatable bonds is 3. The number of hydrogen-bond donors (Lipinski definition) is 3. The maximum absolute atomic E-state index is 14.0. The quantitative estimate of drug-likeness (QED) is 0.388. The number of halogens is 2. The molecule has 2 unspecified atom stereocenters. The van der Waals surface area contributed by atoms with E-state index in [1.54, 1.807) is 0 Å². The summed E-state index contributed by atoms with van der Waals surface area (Å²) < 4.78 is 39.9. The van der Waals surface area contributed by atoms with Gasteiger partial charge in [-0.15, -0.1) is 0 Å². The van der Waals surface area contributed by atoms with E-state index in [0.29, 0.717) is 56.4 Å². The van der Waals surface area contributed by atoms with Gasteiger partial charge in [-0.2, -0.15) is 0 Å². The Bertz CT molecular complexity index is 1480. The highest BCUT2D eigenvalue weighted by Gasteiger charge is 2.43. The highest BCUT2D eigenvalue weighted by Crippen LogP contribution is 2.44. The highest BCUT2D eigenvalue weighted by molar-refractivity contribution is 5.76. The van der Waals surface area contributed by atoms with Gasteiger partial charge in [-0.25, -0.2) is 13.6 Å². The van der Waals surface area contributed by atoms with Gasteiger partial charge in [0.1, 0.15) is 17.2 Å². The molecule has 2 aromatic rings. The first-order valence-corrected chi connectivity index (χ1v) is 17.2. The summed E-state index contributed by atoms with van der Waals surface area (Å²) >= 11 is 0. The van der Waals surface area contributed by atoms with Crippen LogP contribution < -0.4 is 15.5 Å². The fourth-order valence-corrected chi connectivity index (χ4v) is 7.54. The number of carbonyl (C=O) groups excluding carboxylic acids is 2. The average molecular weight is 667 g/mol. The minimum absolute atomic E-state index is 0.0863. The number of allylic oxidation sites excluding steroid dienone is 1. The van der Waals surface area contributed by atoms with Crippen molar-refractivity contribution in [2.75, 3.05) is 44.2 Å². The van der Waals surface area contributed by atoms with Crippen LogP contribution in [0.1, 0.15) is 75.3 Å². The molecule has 2 saturated heterocycles. The molecule has 3 heterocycles. The third-order valence-electron chi connectivity index (χ3n) is 9.84. The van der Waals surface area contributed by atoms with Crippen molar-refractivity contribution in [3.63, 3.8) is 0 Å². The Kier molecular flexibility index (Phi) is 10.4. The molecule has 6 atom stereocenters. The number of aliphatic hydroxyl groups is 1. The first kappa shape index (κ1) is 34.3. The van der Waals surface area contributed by atoms with Gasteiger partial charge in [0.2, 0.25) is 5.91 Å². The van der Waals surface area contributed by atoms with Gasteiger partial charge >= 0.3 is 6.09 Å². The number of ether oxygens (including phenoxy) is 2. The number of benzene rings is 2. The Balaban J connectivity index is 1.17. The number of hydrogen-bond acceptors (Lipinski definition) is 7. The summed E-state index contributed by atoms with van der Waals surface area (Å²) in [5.74, 6) is -0.864. The molecule has 2 fully saturated rings. The molecule has 0 aromatic heterocycles. The first-order chi connectivity index (χ1) is 22.9. The smallest absolute Gasteiger partial charge is 0.410 e. The molecule has 1 aliphatic carbocycles. The van der Waals surface area contributed by atoms with Crippen LogP contribution >= 0.6 is 0 Å². The monoisotopic (exact) mass is 666 g/mol. The van der Waals surface area contributed by atoms with E-state index in [9.17, 15) is 23.5 Å². The van der Waals surface area contributed by atoms with Crippen LogP contribution in [0.5, 0.6) is 0 Å². The number of fused-ring (bicyclic) bond motifs is 6. The fraction of sp³-hybridized carbons (Fsp3) is 0.568. The van der Waals surface area contributed by atoms with Gasteiger partial charge in [0.15, 0.2) is 0 Å². The van der Waals surface area contributed by atoms with Crippen LogP contribution in [0.3, 0.4) is 0 Å². The zero-order chi connectivity index (χ0) is 34.0. The van der Waals surface area contributed by atoms with E-state index in [1.807, 2.05) is 37.8 Å². The second-order valence-electron chi connectivity index (χ2n) is 14.7. The second-order valence-corrected chi connectivity index (χ2v) is 14.7. The van der Waals surface area contributed by atoms with Crippen LogP contribution in [-0.2, 0) is 20.7 Å². The fourth-order valence-electron chi connectivity index (χ4n) is 7.54.